The van der Waals surface area contributed by atoms with E-state index in [1.807, 2.05) is 6.92 Å². The third-order valence-corrected chi connectivity index (χ3v) is 4.27. The zero-order chi connectivity index (χ0) is 10.5. The van der Waals surface area contributed by atoms with E-state index in [0.29, 0.717) is 5.75 Å². The van der Waals surface area contributed by atoms with E-state index in [-0.39, 0.29) is 17.5 Å². The van der Waals surface area contributed by atoms with E-state index in [9.17, 15) is 12.6 Å². The molecule has 0 radical (unpaired) electrons. The molecule has 0 rings (SSSR count). The van der Waals surface area contributed by atoms with Crippen LogP contribution in [0.2, 0.25) is 0 Å². The molecule has 13 heavy (non-hydrogen) atoms. The summed E-state index contributed by atoms with van der Waals surface area (Å²) < 4.78 is 32.7. The van der Waals surface area contributed by atoms with Crippen LogP contribution >= 0.6 is 0 Å². The quantitative estimate of drug-likeness (QED) is 0.664. The summed E-state index contributed by atoms with van der Waals surface area (Å²) in [7, 11) is -4.10. The Balaban J connectivity index is 3.77. The van der Waals surface area contributed by atoms with E-state index < -0.39 is 20.6 Å². The number of hydrogen-bond acceptors (Lipinski definition) is 4. The number of rotatable bonds is 6. The summed E-state index contributed by atoms with van der Waals surface area (Å²) in [5, 5.41) is 0. The van der Waals surface area contributed by atoms with Crippen molar-refractivity contribution in [3.8, 4) is 0 Å². The van der Waals surface area contributed by atoms with Crippen LogP contribution in [0.1, 0.15) is 13.3 Å². The van der Waals surface area contributed by atoms with E-state index in [2.05, 4.69) is 0 Å². The Bertz CT molecular complexity index is 261. The average Bonchev–Trinajstić information content (AvgIpc) is 1.99. The highest BCUT2D eigenvalue weighted by atomic mass is 32.2. The molecule has 0 aliphatic carbocycles. The maximum atomic E-state index is 11.2. The Morgan fingerprint density at radius 1 is 1.46 bits per heavy atom. The summed E-state index contributed by atoms with van der Waals surface area (Å²) in [6.07, 6.45) is 1.91. The zero-order valence-corrected chi connectivity index (χ0v) is 9.66. The van der Waals surface area contributed by atoms with Gasteiger partial charge < -0.3 is 5.73 Å². The molecule has 0 aromatic heterocycles. The predicted octanol–water partition coefficient (Wildman–Crippen LogP) is -0.483. The molecule has 0 bridgehead atoms. The van der Waals surface area contributed by atoms with Crippen molar-refractivity contribution in [1.82, 2.24) is 0 Å². The first kappa shape index (κ1) is 13.1. The number of sulfone groups is 1. The molecule has 0 spiro atoms. The van der Waals surface area contributed by atoms with E-state index in [1.165, 1.54) is 0 Å². The van der Waals surface area contributed by atoms with Gasteiger partial charge in [0.1, 0.15) is 9.84 Å². The third kappa shape index (κ3) is 8.39. The predicted molar refractivity (Wildman–Crippen MR) is 55.9 cm³/mol. The van der Waals surface area contributed by atoms with Crippen LogP contribution in [0.5, 0.6) is 0 Å². The van der Waals surface area contributed by atoms with Gasteiger partial charge in [0.25, 0.3) is 0 Å². The van der Waals surface area contributed by atoms with E-state index >= 15 is 0 Å². The molecule has 0 aromatic rings. The molecule has 80 valence electrons. The lowest BCUT2D eigenvalue weighted by molar-refractivity contribution is 0.602. The van der Waals surface area contributed by atoms with Crippen LogP contribution in [0.3, 0.4) is 0 Å². The van der Waals surface area contributed by atoms with Gasteiger partial charge in [-0.15, -0.1) is 0 Å². The van der Waals surface area contributed by atoms with Crippen LogP contribution in [0.4, 0.5) is 0 Å². The molecule has 2 unspecified atom stereocenters. The minimum absolute atomic E-state index is 0.0178. The number of hydrogen-bond donors (Lipinski definition) is 1. The third-order valence-electron chi connectivity index (χ3n) is 1.61. The second-order valence-corrected chi connectivity index (χ2v) is 6.99. The van der Waals surface area contributed by atoms with Gasteiger partial charge in [-0.3, -0.25) is 4.21 Å². The summed E-state index contributed by atoms with van der Waals surface area (Å²) in [4.78, 5) is 0. The fraction of sp³-hybridized carbons (Fsp3) is 1.00. The molecule has 0 aromatic carbocycles. The van der Waals surface area contributed by atoms with Gasteiger partial charge in [0, 0.05) is 34.6 Å². The SMILES string of the molecule is CCC(N)CS(=O)CCS(C)(=O)=O. The molecule has 4 nitrogen and oxygen atoms in total. The van der Waals surface area contributed by atoms with Crippen molar-refractivity contribution in [2.24, 2.45) is 5.73 Å². The highest BCUT2D eigenvalue weighted by Crippen LogP contribution is 1.93. The highest BCUT2D eigenvalue weighted by molar-refractivity contribution is 7.92. The van der Waals surface area contributed by atoms with Gasteiger partial charge in [0.05, 0.1) is 5.75 Å². The molecular formula is C7H17NO3S2. The summed E-state index contributed by atoms with van der Waals surface area (Å²) in [5.41, 5.74) is 5.57. The topological polar surface area (TPSA) is 77.2 Å². The van der Waals surface area contributed by atoms with E-state index in [0.717, 1.165) is 12.7 Å². The first-order chi connectivity index (χ1) is 5.85. The first-order valence-electron chi connectivity index (χ1n) is 4.13. The minimum Gasteiger partial charge on any atom is -0.327 e. The first-order valence-corrected chi connectivity index (χ1v) is 7.68. The lowest BCUT2D eigenvalue weighted by Gasteiger charge is -2.07. The number of nitrogens with two attached hydrogens (primary N) is 1. The summed E-state index contributed by atoms with van der Waals surface area (Å²) >= 11 is 0. The van der Waals surface area contributed by atoms with Crippen molar-refractivity contribution in [3.05, 3.63) is 0 Å². The van der Waals surface area contributed by atoms with Crippen LogP contribution in [-0.4, -0.2) is 42.2 Å². The molecule has 6 heteroatoms. The summed E-state index contributed by atoms with van der Waals surface area (Å²) in [6.45, 7) is 1.92. The van der Waals surface area contributed by atoms with Gasteiger partial charge in [-0.25, -0.2) is 8.42 Å². The Kier molecular flexibility index (Phi) is 5.75. The Morgan fingerprint density at radius 3 is 2.38 bits per heavy atom. The normalized spacial score (nSPS) is 16.8. The van der Waals surface area contributed by atoms with Crippen molar-refractivity contribution in [1.29, 1.82) is 0 Å². The van der Waals surface area contributed by atoms with Gasteiger partial charge >= 0.3 is 0 Å². The molecule has 0 aliphatic rings. The molecule has 0 saturated heterocycles. The smallest absolute Gasteiger partial charge is 0.148 e. The summed E-state index contributed by atoms with van der Waals surface area (Å²) in [5.74, 6) is 0.578. The molecule has 2 atom stereocenters. The molecule has 2 N–H and O–H groups in total. The van der Waals surface area contributed by atoms with E-state index in [1.54, 1.807) is 0 Å². The lowest BCUT2D eigenvalue weighted by Crippen LogP contribution is -2.28. The molecule has 0 aliphatic heterocycles. The standard InChI is InChI=1S/C7H17NO3S2/c1-3-7(8)6-12(9)4-5-13(2,10)11/h7H,3-6,8H2,1-2H3. The second kappa shape index (κ2) is 5.72. The van der Waals surface area contributed by atoms with Crippen molar-refractivity contribution < 1.29 is 12.6 Å². The van der Waals surface area contributed by atoms with Crippen LogP contribution in [0, 0.1) is 0 Å². The minimum atomic E-state index is -3.00. The fourth-order valence-electron chi connectivity index (χ4n) is 0.684. The van der Waals surface area contributed by atoms with Gasteiger partial charge in [0.2, 0.25) is 0 Å². The lowest BCUT2D eigenvalue weighted by atomic mass is 10.3. The fourth-order valence-corrected chi connectivity index (χ4v) is 3.52. The summed E-state index contributed by atoms with van der Waals surface area (Å²) in [6, 6.07) is -0.0830. The second-order valence-electron chi connectivity index (χ2n) is 3.11. The largest absolute Gasteiger partial charge is 0.327 e. The van der Waals surface area contributed by atoms with Crippen LogP contribution < -0.4 is 5.73 Å². The van der Waals surface area contributed by atoms with Gasteiger partial charge in [-0.2, -0.15) is 0 Å². The van der Waals surface area contributed by atoms with Crippen LogP contribution in [0.15, 0.2) is 0 Å². The van der Waals surface area contributed by atoms with Crippen LogP contribution in [-0.2, 0) is 20.6 Å². The Labute approximate surface area is 82.3 Å². The molecule has 0 amide bonds. The maximum Gasteiger partial charge on any atom is 0.148 e. The van der Waals surface area contributed by atoms with Crippen molar-refractivity contribution in [2.75, 3.05) is 23.5 Å². The highest BCUT2D eigenvalue weighted by Gasteiger charge is 2.09. The van der Waals surface area contributed by atoms with Crippen molar-refractivity contribution >= 4 is 20.6 Å². The van der Waals surface area contributed by atoms with Crippen molar-refractivity contribution in [3.63, 3.8) is 0 Å². The van der Waals surface area contributed by atoms with Crippen LogP contribution in [0.25, 0.3) is 0 Å². The Hall–Kier alpha value is 0.0600. The van der Waals surface area contributed by atoms with E-state index in [4.69, 9.17) is 5.73 Å². The molecule has 0 saturated carbocycles. The molecule has 0 heterocycles. The Morgan fingerprint density at radius 2 is 2.00 bits per heavy atom. The maximum absolute atomic E-state index is 11.2. The zero-order valence-electron chi connectivity index (χ0n) is 8.02. The van der Waals surface area contributed by atoms with Crippen molar-refractivity contribution in [2.45, 2.75) is 19.4 Å². The molecule has 0 fully saturated rings. The average molecular weight is 227 g/mol. The molecular weight excluding hydrogens is 210 g/mol. The van der Waals surface area contributed by atoms with Gasteiger partial charge in [-0.05, 0) is 6.42 Å². The monoisotopic (exact) mass is 227 g/mol. The van der Waals surface area contributed by atoms with Gasteiger partial charge in [0.15, 0.2) is 0 Å². The van der Waals surface area contributed by atoms with Gasteiger partial charge in [-0.1, -0.05) is 6.92 Å².